The number of benzene rings is 1. The van der Waals surface area contributed by atoms with Gasteiger partial charge in [-0.05, 0) is 48.9 Å². The smallest absolute Gasteiger partial charge is 0.119 e. The van der Waals surface area contributed by atoms with Gasteiger partial charge < -0.3 is 5.11 Å². The fraction of sp³-hybridized carbons (Fsp3) is 0.538. The number of phenolic OH excluding ortho intramolecular Hbond substituents is 1. The van der Waals surface area contributed by atoms with Crippen LogP contribution in [0.4, 0.5) is 0 Å². The fourth-order valence-corrected chi connectivity index (χ4v) is 1.74. The van der Waals surface area contributed by atoms with E-state index in [0.29, 0.717) is 5.75 Å². The third-order valence-corrected chi connectivity index (χ3v) is 2.72. The van der Waals surface area contributed by atoms with Gasteiger partial charge in [0.05, 0.1) is 0 Å². The van der Waals surface area contributed by atoms with Crippen LogP contribution >= 0.6 is 0 Å². The Bertz CT molecular complexity index is 302. The van der Waals surface area contributed by atoms with Crippen LogP contribution in [0.2, 0.25) is 0 Å². The molecule has 0 saturated heterocycles. The van der Waals surface area contributed by atoms with Crippen molar-refractivity contribution in [3.8, 4) is 5.75 Å². The largest absolute Gasteiger partial charge is 0.508 e. The molecule has 0 aliphatic heterocycles. The predicted molar refractivity (Wildman–Crippen MR) is 60.8 cm³/mol. The van der Waals surface area contributed by atoms with Crippen LogP contribution in [0.1, 0.15) is 43.4 Å². The summed E-state index contributed by atoms with van der Waals surface area (Å²) in [6.07, 6.45) is 4.37. The quantitative estimate of drug-likeness (QED) is 0.772. The highest BCUT2D eigenvalue weighted by Gasteiger charge is 2.04. The number of hydrogen-bond acceptors (Lipinski definition) is 1. The first-order chi connectivity index (χ1) is 6.69. The Morgan fingerprint density at radius 1 is 1.14 bits per heavy atom. The lowest BCUT2D eigenvalue weighted by molar-refractivity contribution is 0.466. The molecule has 1 nitrogen and oxygen atoms in total. The summed E-state index contributed by atoms with van der Waals surface area (Å²) in [5.74, 6) is 0.466. The van der Waals surface area contributed by atoms with Crippen molar-refractivity contribution in [2.75, 3.05) is 0 Å². The Labute approximate surface area is 86.8 Å². The van der Waals surface area contributed by atoms with Crippen LogP contribution in [-0.2, 0) is 12.8 Å². The van der Waals surface area contributed by atoms with Crippen molar-refractivity contribution in [3.63, 3.8) is 0 Å². The molecule has 0 aliphatic carbocycles. The Morgan fingerprint density at radius 2 is 1.86 bits per heavy atom. The molecule has 0 fully saturated rings. The molecule has 0 saturated carbocycles. The van der Waals surface area contributed by atoms with E-state index < -0.39 is 0 Å². The minimum Gasteiger partial charge on any atom is -0.508 e. The zero-order valence-corrected chi connectivity index (χ0v) is 9.43. The first kappa shape index (κ1) is 11.1. The standard InChI is InChI=1S/C13H20O/c1-4-6-7-12-9-11(5-2)10(3)8-13(12)14/h8-9,14H,4-7H2,1-3H3. The van der Waals surface area contributed by atoms with E-state index in [0.717, 1.165) is 24.8 Å². The van der Waals surface area contributed by atoms with Crippen molar-refractivity contribution in [2.24, 2.45) is 0 Å². The van der Waals surface area contributed by atoms with E-state index in [-0.39, 0.29) is 0 Å². The molecule has 0 aromatic heterocycles. The van der Waals surface area contributed by atoms with Crippen LogP contribution < -0.4 is 0 Å². The van der Waals surface area contributed by atoms with Crippen molar-refractivity contribution >= 4 is 0 Å². The maximum Gasteiger partial charge on any atom is 0.119 e. The Kier molecular flexibility index (Phi) is 3.99. The highest BCUT2D eigenvalue weighted by molar-refractivity contribution is 5.41. The highest BCUT2D eigenvalue weighted by atomic mass is 16.3. The molecule has 14 heavy (non-hydrogen) atoms. The van der Waals surface area contributed by atoms with Gasteiger partial charge in [0.1, 0.15) is 5.75 Å². The second-order valence-electron chi connectivity index (χ2n) is 3.86. The minimum absolute atomic E-state index is 0.466. The molecule has 0 amide bonds. The van der Waals surface area contributed by atoms with Gasteiger partial charge in [0, 0.05) is 0 Å². The third-order valence-electron chi connectivity index (χ3n) is 2.72. The molecule has 0 bridgehead atoms. The fourth-order valence-electron chi connectivity index (χ4n) is 1.74. The van der Waals surface area contributed by atoms with Crippen molar-refractivity contribution in [1.82, 2.24) is 0 Å². The van der Waals surface area contributed by atoms with Crippen molar-refractivity contribution in [3.05, 3.63) is 28.8 Å². The zero-order chi connectivity index (χ0) is 10.6. The van der Waals surface area contributed by atoms with E-state index in [9.17, 15) is 5.11 Å². The number of aromatic hydroxyl groups is 1. The number of hydrogen-bond donors (Lipinski definition) is 1. The summed E-state index contributed by atoms with van der Waals surface area (Å²) >= 11 is 0. The molecule has 0 spiro atoms. The van der Waals surface area contributed by atoms with E-state index in [1.54, 1.807) is 0 Å². The van der Waals surface area contributed by atoms with Crippen molar-refractivity contribution in [1.29, 1.82) is 0 Å². The van der Waals surface area contributed by atoms with E-state index in [2.05, 4.69) is 26.8 Å². The average Bonchev–Trinajstić information content (AvgIpc) is 2.17. The molecular formula is C13H20O. The highest BCUT2D eigenvalue weighted by Crippen LogP contribution is 2.24. The van der Waals surface area contributed by atoms with E-state index in [4.69, 9.17) is 0 Å². The van der Waals surface area contributed by atoms with Crippen LogP contribution in [0.3, 0.4) is 0 Å². The molecule has 1 aromatic carbocycles. The Balaban J connectivity index is 2.92. The van der Waals surface area contributed by atoms with Crippen LogP contribution in [0.5, 0.6) is 5.75 Å². The molecular weight excluding hydrogens is 172 g/mol. The van der Waals surface area contributed by atoms with Crippen LogP contribution in [-0.4, -0.2) is 5.11 Å². The summed E-state index contributed by atoms with van der Waals surface area (Å²) in [7, 11) is 0. The number of aryl methyl sites for hydroxylation is 3. The lowest BCUT2D eigenvalue weighted by Crippen LogP contribution is -1.92. The zero-order valence-electron chi connectivity index (χ0n) is 9.43. The second-order valence-corrected chi connectivity index (χ2v) is 3.86. The van der Waals surface area contributed by atoms with Gasteiger partial charge in [0.2, 0.25) is 0 Å². The molecule has 1 heteroatoms. The van der Waals surface area contributed by atoms with Gasteiger partial charge in [-0.3, -0.25) is 0 Å². The van der Waals surface area contributed by atoms with Crippen molar-refractivity contribution < 1.29 is 5.11 Å². The molecule has 0 atom stereocenters. The van der Waals surface area contributed by atoms with Crippen molar-refractivity contribution in [2.45, 2.75) is 46.5 Å². The summed E-state index contributed by atoms with van der Waals surface area (Å²) in [4.78, 5) is 0. The van der Waals surface area contributed by atoms with Gasteiger partial charge in [-0.2, -0.15) is 0 Å². The van der Waals surface area contributed by atoms with E-state index >= 15 is 0 Å². The van der Waals surface area contributed by atoms with Gasteiger partial charge in [-0.1, -0.05) is 26.3 Å². The first-order valence-electron chi connectivity index (χ1n) is 5.50. The second kappa shape index (κ2) is 5.04. The average molecular weight is 192 g/mol. The molecule has 1 N–H and O–H groups in total. The topological polar surface area (TPSA) is 20.2 Å². The summed E-state index contributed by atoms with van der Waals surface area (Å²) in [6, 6.07) is 4.05. The number of unbranched alkanes of at least 4 members (excludes halogenated alkanes) is 1. The van der Waals surface area contributed by atoms with Gasteiger partial charge in [0.15, 0.2) is 0 Å². The molecule has 1 rings (SSSR count). The Hall–Kier alpha value is -0.980. The molecule has 78 valence electrons. The minimum atomic E-state index is 0.466. The van der Waals surface area contributed by atoms with E-state index in [1.165, 1.54) is 17.5 Å². The third kappa shape index (κ3) is 2.50. The molecule has 0 heterocycles. The summed E-state index contributed by atoms with van der Waals surface area (Å²) in [5.41, 5.74) is 3.66. The van der Waals surface area contributed by atoms with Gasteiger partial charge in [-0.25, -0.2) is 0 Å². The monoisotopic (exact) mass is 192 g/mol. The summed E-state index contributed by atoms with van der Waals surface area (Å²) in [5, 5.41) is 9.74. The van der Waals surface area contributed by atoms with Gasteiger partial charge in [-0.15, -0.1) is 0 Å². The lowest BCUT2D eigenvalue weighted by Gasteiger charge is -2.09. The summed E-state index contributed by atoms with van der Waals surface area (Å²) < 4.78 is 0. The molecule has 0 unspecified atom stereocenters. The number of rotatable bonds is 4. The SMILES string of the molecule is CCCCc1cc(CC)c(C)cc1O. The Morgan fingerprint density at radius 3 is 2.43 bits per heavy atom. The normalized spacial score (nSPS) is 10.5. The maximum atomic E-state index is 9.74. The first-order valence-corrected chi connectivity index (χ1v) is 5.50. The predicted octanol–water partition coefficient (Wildman–Crippen LogP) is 3.61. The lowest BCUT2D eigenvalue weighted by atomic mass is 9.99. The summed E-state index contributed by atoms with van der Waals surface area (Å²) in [6.45, 7) is 6.39. The molecule has 0 aliphatic rings. The number of phenols is 1. The molecule has 1 aromatic rings. The molecule has 0 radical (unpaired) electrons. The van der Waals surface area contributed by atoms with E-state index in [1.807, 2.05) is 6.07 Å². The maximum absolute atomic E-state index is 9.74. The van der Waals surface area contributed by atoms with Crippen LogP contribution in [0.15, 0.2) is 12.1 Å². The van der Waals surface area contributed by atoms with Gasteiger partial charge in [0.25, 0.3) is 0 Å². The van der Waals surface area contributed by atoms with Crippen LogP contribution in [0.25, 0.3) is 0 Å². The van der Waals surface area contributed by atoms with Gasteiger partial charge >= 0.3 is 0 Å². The van der Waals surface area contributed by atoms with Crippen LogP contribution in [0, 0.1) is 6.92 Å².